The summed E-state index contributed by atoms with van der Waals surface area (Å²) in [6.45, 7) is 0.368. The standard InChI is InChI=1S/C34H41N3O4S/c1-42(40,41)36(25-30-18-10-4-11-19-30)27-33(38)37(26-31-20-12-5-13-21-31)32(24-29-16-8-3-9-17-29)34(39)35-23-22-28-14-6-2-7-15-28/h3-5,8-14,16-21,32H,2,6-7,15,22-27H2,1H3,(H,35,39)/t32-/m1/s1. The predicted molar refractivity (Wildman–Crippen MR) is 167 cm³/mol. The van der Waals surface area contributed by atoms with Crippen molar-refractivity contribution in [2.45, 2.75) is 57.7 Å². The molecule has 3 aromatic rings. The molecule has 1 atom stereocenters. The molecule has 4 rings (SSSR count). The maximum atomic E-state index is 14.1. The lowest BCUT2D eigenvalue weighted by Gasteiger charge is -2.33. The topological polar surface area (TPSA) is 86.8 Å². The second kappa shape index (κ2) is 15.5. The van der Waals surface area contributed by atoms with Crippen LogP contribution >= 0.6 is 0 Å². The minimum Gasteiger partial charge on any atom is -0.354 e. The molecule has 1 N–H and O–H groups in total. The monoisotopic (exact) mass is 587 g/mol. The summed E-state index contributed by atoms with van der Waals surface area (Å²) in [6, 6.07) is 27.5. The SMILES string of the molecule is CS(=O)(=O)N(CC(=O)N(Cc1ccccc1)[C@H](Cc1ccccc1)C(=O)NCCC1=CCCCC1)Cc1ccccc1. The van der Waals surface area contributed by atoms with Crippen LogP contribution in [0.15, 0.2) is 103 Å². The third-order valence-corrected chi connectivity index (χ3v) is 8.78. The summed E-state index contributed by atoms with van der Waals surface area (Å²) in [4.78, 5) is 29.5. The van der Waals surface area contributed by atoms with Crippen LogP contribution in [0.4, 0.5) is 0 Å². The van der Waals surface area contributed by atoms with Crippen LogP contribution in [-0.2, 0) is 39.1 Å². The van der Waals surface area contributed by atoms with Gasteiger partial charge in [-0.05, 0) is 48.8 Å². The normalized spacial score (nSPS) is 14.2. The van der Waals surface area contributed by atoms with E-state index >= 15 is 0 Å². The van der Waals surface area contributed by atoms with E-state index in [0.717, 1.165) is 42.2 Å². The molecule has 3 aromatic carbocycles. The quantitative estimate of drug-likeness (QED) is 0.266. The number of carbonyl (C=O) groups is 2. The Morgan fingerprint density at radius 2 is 1.38 bits per heavy atom. The fourth-order valence-corrected chi connectivity index (χ4v) is 5.98. The molecule has 0 spiro atoms. The average molecular weight is 588 g/mol. The molecule has 0 saturated heterocycles. The van der Waals surface area contributed by atoms with E-state index in [-0.39, 0.29) is 25.5 Å². The number of benzene rings is 3. The Morgan fingerprint density at radius 3 is 1.93 bits per heavy atom. The summed E-state index contributed by atoms with van der Waals surface area (Å²) >= 11 is 0. The number of hydrogen-bond acceptors (Lipinski definition) is 4. The van der Waals surface area contributed by atoms with Gasteiger partial charge in [-0.25, -0.2) is 8.42 Å². The maximum Gasteiger partial charge on any atom is 0.243 e. The highest BCUT2D eigenvalue weighted by molar-refractivity contribution is 7.88. The van der Waals surface area contributed by atoms with Crippen molar-refractivity contribution in [3.05, 3.63) is 119 Å². The third-order valence-electron chi connectivity index (χ3n) is 7.58. The minimum atomic E-state index is -3.72. The summed E-state index contributed by atoms with van der Waals surface area (Å²) in [6.07, 6.45) is 9.01. The molecule has 0 heterocycles. The van der Waals surface area contributed by atoms with E-state index in [2.05, 4.69) is 11.4 Å². The zero-order valence-electron chi connectivity index (χ0n) is 24.3. The second-order valence-electron chi connectivity index (χ2n) is 10.9. The van der Waals surface area contributed by atoms with Gasteiger partial charge in [-0.2, -0.15) is 4.31 Å². The van der Waals surface area contributed by atoms with Gasteiger partial charge in [0.05, 0.1) is 12.8 Å². The molecule has 0 aromatic heterocycles. The molecule has 0 bridgehead atoms. The van der Waals surface area contributed by atoms with Gasteiger partial charge in [0, 0.05) is 26.1 Å². The number of nitrogens with zero attached hydrogens (tertiary/aromatic N) is 2. The van der Waals surface area contributed by atoms with Gasteiger partial charge in [-0.3, -0.25) is 9.59 Å². The van der Waals surface area contributed by atoms with Crippen LogP contribution in [-0.4, -0.2) is 54.8 Å². The third kappa shape index (κ3) is 9.67. The van der Waals surface area contributed by atoms with Crippen LogP contribution in [0.5, 0.6) is 0 Å². The van der Waals surface area contributed by atoms with Crippen molar-refractivity contribution in [3.8, 4) is 0 Å². The van der Waals surface area contributed by atoms with E-state index in [1.807, 2.05) is 91.0 Å². The lowest BCUT2D eigenvalue weighted by molar-refractivity contribution is -0.141. The van der Waals surface area contributed by atoms with Crippen molar-refractivity contribution in [1.82, 2.24) is 14.5 Å². The fourth-order valence-electron chi connectivity index (χ4n) is 5.25. The molecule has 1 aliphatic rings. The molecule has 1 aliphatic carbocycles. The second-order valence-corrected chi connectivity index (χ2v) is 12.9. The van der Waals surface area contributed by atoms with E-state index in [1.165, 1.54) is 22.7 Å². The number of carbonyl (C=O) groups excluding carboxylic acids is 2. The van der Waals surface area contributed by atoms with Crippen molar-refractivity contribution < 1.29 is 18.0 Å². The van der Waals surface area contributed by atoms with E-state index in [9.17, 15) is 18.0 Å². The van der Waals surface area contributed by atoms with Gasteiger partial charge in [0.1, 0.15) is 6.04 Å². The molecule has 0 unspecified atom stereocenters. The lowest BCUT2D eigenvalue weighted by Crippen LogP contribution is -2.53. The first-order valence-electron chi connectivity index (χ1n) is 14.6. The van der Waals surface area contributed by atoms with Gasteiger partial charge >= 0.3 is 0 Å². The van der Waals surface area contributed by atoms with Gasteiger partial charge in [0.15, 0.2) is 0 Å². The highest BCUT2D eigenvalue weighted by atomic mass is 32.2. The number of nitrogens with one attached hydrogen (secondary N) is 1. The van der Waals surface area contributed by atoms with Crippen molar-refractivity contribution >= 4 is 21.8 Å². The Bertz CT molecular complexity index is 1430. The molecule has 7 nitrogen and oxygen atoms in total. The van der Waals surface area contributed by atoms with Crippen molar-refractivity contribution in [1.29, 1.82) is 0 Å². The van der Waals surface area contributed by atoms with Crippen LogP contribution in [0.2, 0.25) is 0 Å². The van der Waals surface area contributed by atoms with E-state index in [0.29, 0.717) is 13.0 Å². The first-order valence-corrected chi connectivity index (χ1v) is 16.5. The summed E-state index contributed by atoms with van der Waals surface area (Å²) < 4.78 is 26.8. The molecule has 8 heteroatoms. The van der Waals surface area contributed by atoms with Gasteiger partial charge < -0.3 is 10.2 Å². The Kier molecular flexibility index (Phi) is 11.5. The lowest BCUT2D eigenvalue weighted by atomic mass is 9.97. The molecule has 0 aliphatic heterocycles. The largest absolute Gasteiger partial charge is 0.354 e. The molecular weight excluding hydrogens is 546 g/mol. The molecule has 2 amide bonds. The number of rotatable bonds is 14. The smallest absolute Gasteiger partial charge is 0.243 e. The Hall–Kier alpha value is -3.75. The van der Waals surface area contributed by atoms with Gasteiger partial charge in [0.2, 0.25) is 21.8 Å². The van der Waals surface area contributed by atoms with E-state index < -0.39 is 22.0 Å². The Morgan fingerprint density at radius 1 is 0.810 bits per heavy atom. The number of amides is 2. The molecule has 0 radical (unpaired) electrons. The number of hydrogen-bond donors (Lipinski definition) is 1. The molecule has 0 fully saturated rings. The average Bonchev–Trinajstić information content (AvgIpc) is 3.00. The minimum absolute atomic E-state index is 0.0647. The van der Waals surface area contributed by atoms with E-state index in [1.54, 1.807) is 4.90 Å². The number of allylic oxidation sites excluding steroid dienone is 1. The fraction of sp³-hybridized carbons (Fsp3) is 0.353. The van der Waals surface area contributed by atoms with Crippen molar-refractivity contribution in [2.24, 2.45) is 0 Å². The summed E-state index contributed by atoms with van der Waals surface area (Å²) in [5, 5.41) is 3.09. The van der Waals surface area contributed by atoms with Crippen molar-refractivity contribution in [2.75, 3.05) is 19.3 Å². The number of sulfonamides is 1. The van der Waals surface area contributed by atoms with E-state index in [4.69, 9.17) is 0 Å². The van der Waals surface area contributed by atoms with Crippen LogP contribution in [0.25, 0.3) is 0 Å². The van der Waals surface area contributed by atoms with Gasteiger partial charge in [0.25, 0.3) is 0 Å². The Balaban J connectivity index is 1.61. The molecule has 222 valence electrons. The van der Waals surface area contributed by atoms with Gasteiger partial charge in [-0.15, -0.1) is 0 Å². The van der Waals surface area contributed by atoms with Crippen LogP contribution in [0.1, 0.15) is 48.8 Å². The Labute approximate surface area is 250 Å². The highest BCUT2D eigenvalue weighted by Crippen LogP contribution is 2.20. The summed E-state index contributed by atoms with van der Waals surface area (Å²) in [7, 11) is -3.72. The first kappa shape index (κ1) is 31.2. The highest BCUT2D eigenvalue weighted by Gasteiger charge is 2.32. The first-order chi connectivity index (χ1) is 20.3. The predicted octanol–water partition coefficient (Wildman–Crippen LogP) is 5.10. The zero-order chi connectivity index (χ0) is 29.8. The molecule has 42 heavy (non-hydrogen) atoms. The van der Waals surface area contributed by atoms with Crippen LogP contribution < -0.4 is 5.32 Å². The maximum absolute atomic E-state index is 14.1. The summed E-state index contributed by atoms with van der Waals surface area (Å²) in [5.41, 5.74) is 3.92. The zero-order valence-corrected chi connectivity index (χ0v) is 25.1. The molecular formula is C34H41N3O4S. The molecule has 0 saturated carbocycles. The van der Waals surface area contributed by atoms with Gasteiger partial charge in [-0.1, -0.05) is 103 Å². The van der Waals surface area contributed by atoms with Crippen LogP contribution in [0, 0.1) is 0 Å². The summed E-state index contributed by atoms with van der Waals surface area (Å²) in [5.74, 6) is -0.667. The van der Waals surface area contributed by atoms with Crippen LogP contribution in [0.3, 0.4) is 0 Å². The van der Waals surface area contributed by atoms with Crippen molar-refractivity contribution in [3.63, 3.8) is 0 Å².